The first-order valence-corrected chi connectivity index (χ1v) is 7.51. The summed E-state index contributed by atoms with van der Waals surface area (Å²) in [5, 5.41) is 6.38. The molecule has 0 fully saturated rings. The summed E-state index contributed by atoms with van der Waals surface area (Å²) in [6.07, 6.45) is -0.0220. The molecule has 1 aromatic carbocycles. The van der Waals surface area contributed by atoms with Crippen molar-refractivity contribution < 1.29 is 14.2 Å². The second-order valence-electron chi connectivity index (χ2n) is 4.74. The van der Waals surface area contributed by atoms with E-state index in [0.717, 1.165) is 30.5 Å². The van der Waals surface area contributed by atoms with Crippen LogP contribution in [-0.2, 0) is 4.74 Å². The number of halogens is 1. The third-order valence-electron chi connectivity index (χ3n) is 2.85. The van der Waals surface area contributed by atoms with E-state index < -0.39 is 0 Å². The van der Waals surface area contributed by atoms with Gasteiger partial charge in [0.05, 0.1) is 20.3 Å². The van der Waals surface area contributed by atoms with Crippen LogP contribution in [-0.4, -0.2) is 52.5 Å². The lowest BCUT2D eigenvalue weighted by molar-refractivity contribution is 0.203. The summed E-state index contributed by atoms with van der Waals surface area (Å²) in [6, 6.07) is 7.53. The Hall–Kier alpha value is -1.22. The van der Waals surface area contributed by atoms with Crippen molar-refractivity contribution in [2.45, 2.75) is 20.0 Å². The predicted octanol–water partition coefficient (Wildman–Crippen LogP) is 2.28. The SMILES string of the molecule is CCNC(=NCC(C)Oc1ccc(OC)cc1)NCCOC.I. The number of benzene rings is 1. The minimum atomic E-state index is -0.0220. The molecule has 1 rings (SSSR count). The molecule has 0 aliphatic carbocycles. The molecule has 0 amide bonds. The molecule has 0 radical (unpaired) electrons. The quantitative estimate of drug-likeness (QED) is 0.269. The van der Waals surface area contributed by atoms with Gasteiger partial charge in [0.1, 0.15) is 17.6 Å². The van der Waals surface area contributed by atoms with Crippen LogP contribution in [0.25, 0.3) is 0 Å². The summed E-state index contributed by atoms with van der Waals surface area (Å²) < 4.78 is 16.0. The van der Waals surface area contributed by atoms with Crippen molar-refractivity contribution in [3.63, 3.8) is 0 Å². The molecule has 0 heterocycles. The van der Waals surface area contributed by atoms with Crippen LogP contribution in [0.3, 0.4) is 0 Å². The van der Waals surface area contributed by atoms with E-state index in [1.54, 1.807) is 14.2 Å². The van der Waals surface area contributed by atoms with Gasteiger partial charge in [-0.25, -0.2) is 4.99 Å². The topological polar surface area (TPSA) is 64.1 Å². The summed E-state index contributed by atoms with van der Waals surface area (Å²) in [6.45, 7) is 6.76. The Morgan fingerprint density at radius 2 is 1.78 bits per heavy atom. The fourth-order valence-corrected chi connectivity index (χ4v) is 1.76. The maximum absolute atomic E-state index is 5.83. The summed E-state index contributed by atoms with van der Waals surface area (Å²) in [7, 11) is 3.32. The fourth-order valence-electron chi connectivity index (χ4n) is 1.76. The highest BCUT2D eigenvalue weighted by Crippen LogP contribution is 2.18. The number of rotatable bonds is 9. The smallest absolute Gasteiger partial charge is 0.191 e. The Balaban J connectivity index is 0.00000484. The molecular formula is C16H28IN3O3. The molecule has 0 bridgehead atoms. The molecule has 0 aromatic heterocycles. The van der Waals surface area contributed by atoms with Crippen molar-refractivity contribution in [1.29, 1.82) is 0 Å². The van der Waals surface area contributed by atoms with Gasteiger partial charge in [-0.05, 0) is 38.1 Å². The summed E-state index contributed by atoms with van der Waals surface area (Å²) in [5.41, 5.74) is 0. The Labute approximate surface area is 156 Å². The van der Waals surface area contributed by atoms with Crippen LogP contribution in [0.5, 0.6) is 11.5 Å². The van der Waals surface area contributed by atoms with Crippen LogP contribution in [0, 0.1) is 0 Å². The first-order chi connectivity index (χ1) is 10.7. The molecule has 0 aliphatic rings. The molecule has 1 atom stereocenters. The Morgan fingerprint density at radius 3 is 2.35 bits per heavy atom. The van der Waals surface area contributed by atoms with Gasteiger partial charge in [-0.1, -0.05) is 0 Å². The zero-order valence-electron chi connectivity index (χ0n) is 14.3. The van der Waals surface area contributed by atoms with E-state index in [-0.39, 0.29) is 30.1 Å². The van der Waals surface area contributed by atoms with Crippen molar-refractivity contribution in [2.24, 2.45) is 4.99 Å². The molecule has 0 saturated heterocycles. The lowest BCUT2D eigenvalue weighted by Gasteiger charge is -2.15. The zero-order chi connectivity index (χ0) is 16.2. The van der Waals surface area contributed by atoms with Crippen LogP contribution in [0.2, 0.25) is 0 Å². The monoisotopic (exact) mass is 437 g/mol. The van der Waals surface area contributed by atoms with Crippen molar-refractivity contribution in [3.05, 3.63) is 24.3 Å². The molecular weight excluding hydrogens is 409 g/mol. The van der Waals surface area contributed by atoms with Crippen molar-refractivity contribution in [3.8, 4) is 11.5 Å². The van der Waals surface area contributed by atoms with Crippen molar-refractivity contribution in [1.82, 2.24) is 10.6 Å². The van der Waals surface area contributed by atoms with Gasteiger partial charge >= 0.3 is 0 Å². The average Bonchev–Trinajstić information content (AvgIpc) is 2.53. The highest BCUT2D eigenvalue weighted by molar-refractivity contribution is 14.0. The van der Waals surface area contributed by atoms with Gasteiger partial charge in [0.2, 0.25) is 0 Å². The van der Waals surface area contributed by atoms with Gasteiger partial charge in [0.25, 0.3) is 0 Å². The first kappa shape index (κ1) is 21.8. The van der Waals surface area contributed by atoms with Gasteiger partial charge in [0, 0.05) is 20.2 Å². The van der Waals surface area contributed by atoms with Gasteiger partial charge < -0.3 is 24.8 Å². The molecule has 1 aromatic rings. The van der Waals surface area contributed by atoms with Crippen molar-refractivity contribution >= 4 is 29.9 Å². The van der Waals surface area contributed by atoms with Crippen LogP contribution >= 0.6 is 24.0 Å². The maximum Gasteiger partial charge on any atom is 0.191 e. The molecule has 2 N–H and O–H groups in total. The Bertz CT molecular complexity index is 441. The van der Waals surface area contributed by atoms with Gasteiger partial charge in [-0.15, -0.1) is 24.0 Å². The van der Waals surface area contributed by atoms with E-state index >= 15 is 0 Å². The van der Waals surface area contributed by atoms with Crippen molar-refractivity contribution in [2.75, 3.05) is 40.5 Å². The Morgan fingerprint density at radius 1 is 1.13 bits per heavy atom. The number of ether oxygens (including phenoxy) is 3. The first-order valence-electron chi connectivity index (χ1n) is 7.51. The molecule has 132 valence electrons. The molecule has 23 heavy (non-hydrogen) atoms. The third kappa shape index (κ3) is 9.50. The molecule has 1 unspecified atom stereocenters. The normalized spacial score (nSPS) is 12.1. The number of hydrogen-bond acceptors (Lipinski definition) is 4. The summed E-state index contributed by atoms with van der Waals surface area (Å²) in [5.74, 6) is 2.39. The molecule has 6 nitrogen and oxygen atoms in total. The minimum absolute atomic E-state index is 0. The van der Waals surface area contributed by atoms with E-state index in [1.165, 1.54) is 0 Å². The van der Waals surface area contributed by atoms with E-state index in [4.69, 9.17) is 14.2 Å². The number of nitrogens with zero attached hydrogens (tertiary/aromatic N) is 1. The number of hydrogen-bond donors (Lipinski definition) is 2. The predicted molar refractivity (Wildman–Crippen MR) is 104 cm³/mol. The standard InChI is InChI=1S/C16H27N3O3.HI/c1-5-17-16(18-10-11-20-3)19-12-13(2)22-15-8-6-14(21-4)7-9-15;/h6-9,13H,5,10-12H2,1-4H3,(H2,17,18,19);1H. The van der Waals surface area contributed by atoms with E-state index in [0.29, 0.717) is 13.2 Å². The van der Waals surface area contributed by atoms with Crippen LogP contribution < -0.4 is 20.1 Å². The van der Waals surface area contributed by atoms with E-state index in [2.05, 4.69) is 15.6 Å². The van der Waals surface area contributed by atoms with Crippen LogP contribution in [0.4, 0.5) is 0 Å². The second-order valence-corrected chi connectivity index (χ2v) is 4.74. The molecule has 0 aliphatic heterocycles. The average molecular weight is 437 g/mol. The molecule has 7 heteroatoms. The highest BCUT2D eigenvalue weighted by Gasteiger charge is 2.05. The number of nitrogens with one attached hydrogen (secondary N) is 2. The third-order valence-corrected chi connectivity index (χ3v) is 2.85. The van der Waals surface area contributed by atoms with Gasteiger partial charge in [0.15, 0.2) is 5.96 Å². The number of guanidine groups is 1. The fraction of sp³-hybridized carbons (Fsp3) is 0.562. The van der Waals surface area contributed by atoms with Gasteiger partial charge in [-0.2, -0.15) is 0 Å². The summed E-state index contributed by atoms with van der Waals surface area (Å²) >= 11 is 0. The van der Waals surface area contributed by atoms with Crippen LogP contribution in [0.15, 0.2) is 29.3 Å². The number of aliphatic imine (C=N–C) groups is 1. The largest absolute Gasteiger partial charge is 0.497 e. The van der Waals surface area contributed by atoms with E-state index in [9.17, 15) is 0 Å². The van der Waals surface area contributed by atoms with E-state index in [1.807, 2.05) is 38.1 Å². The lowest BCUT2D eigenvalue weighted by atomic mass is 10.3. The van der Waals surface area contributed by atoms with Crippen LogP contribution in [0.1, 0.15) is 13.8 Å². The second kappa shape index (κ2) is 13.2. The maximum atomic E-state index is 5.83. The lowest BCUT2D eigenvalue weighted by Crippen LogP contribution is -2.39. The van der Waals surface area contributed by atoms with Gasteiger partial charge in [-0.3, -0.25) is 0 Å². The molecule has 0 spiro atoms. The number of methoxy groups -OCH3 is 2. The zero-order valence-corrected chi connectivity index (χ0v) is 16.6. The molecule has 0 saturated carbocycles. The minimum Gasteiger partial charge on any atom is -0.497 e. The highest BCUT2D eigenvalue weighted by atomic mass is 127. The Kier molecular flexibility index (Phi) is 12.5. The summed E-state index contributed by atoms with van der Waals surface area (Å²) in [4.78, 5) is 4.50.